The van der Waals surface area contributed by atoms with E-state index in [-0.39, 0.29) is 11.2 Å². The zero-order valence-electron chi connectivity index (χ0n) is 13.7. The van der Waals surface area contributed by atoms with Gasteiger partial charge in [0, 0.05) is 23.8 Å². The smallest absolute Gasteiger partial charge is 0.240 e. The zero-order chi connectivity index (χ0) is 16.9. The summed E-state index contributed by atoms with van der Waals surface area (Å²) in [6.07, 6.45) is 4.92. The number of halogens is 1. The first-order valence-corrected chi connectivity index (χ1v) is 10.0. The summed E-state index contributed by atoms with van der Waals surface area (Å²) >= 11 is 5.06. The van der Waals surface area contributed by atoms with Crippen molar-refractivity contribution in [3.05, 3.63) is 58.2 Å². The third-order valence-corrected chi connectivity index (χ3v) is 5.98. The molecular weight excluding hydrogens is 384 g/mol. The number of thioether (sulfide) groups is 1. The van der Waals surface area contributed by atoms with Gasteiger partial charge in [-0.25, -0.2) is 4.98 Å². The minimum absolute atomic E-state index is 0.204. The van der Waals surface area contributed by atoms with Gasteiger partial charge in [0.1, 0.15) is 10.3 Å². The van der Waals surface area contributed by atoms with Crippen LogP contribution in [0.4, 0.5) is 0 Å². The molecule has 1 unspecified atom stereocenters. The van der Waals surface area contributed by atoms with E-state index in [0.717, 1.165) is 47.4 Å². The standard InChI is InChI=1S/C19H21BrN2OS/c1-2-14-12-16(20)13-21-18(14)24-17(15-8-4-3-5-9-15)19(23)22-10-6-7-11-22/h3-5,8-9,12-13,17H,2,6-7,10-11H2,1H3. The van der Waals surface area contributed by atoms with E-state index in [4.69, 9.17) is 0 Å². The van der Waals surface area contributed by atoms with E-state index in [0.29, 0.717) is 0 Å². The largest absolute Gasteiger partial charge is 0.341 e. The van der Waals surface area contributed by atoms with E-state index in [1.54, 1.807) is 11.8 Å². The van der Waals surface area contributed by atoms with Crippen molar-refractivity contribution in [3.63, 3.8) is 0 Å². The Kier molecular flexibility index (Phi) is 5.95. The number of amides is 1. The summed E-state index contributed by atoms with van der Waals surface area (Å²) in [6.45, 7) is 3.86. The maximum Gasteiger partial charge on any atom is 0.240 e. The topological polar surface area (TPSA) is 33.2 Å². The van der Waals surface area contributed by atoms with Gasteiger partial charge in [0.05, 0.1) is 0 Å². The Morgan fingerprint density at radius 2 is 2.00 bits per heavy atom. The van der Waals surface area contributed by atoms with Crippen LogP contribution in [0.2, 0.25) is 0 Å². The minimum atomic E-state index is -0.233. The van der Waals surface area contributed by atoms with E-state index < -0.39 is 0 Å². The van der Waals surface area contributed by atoms with E-state index in [9.17, 15) is 4.79 Å². The second-order valence-electron chi connectivity index (χ2n) is 5.91. The number of nitrogens with zero attached hydrogens (tertiary/aromatic N) is 2. The molecule has 1 amide bonds. The quantitative estimate of drug-likeness (QED) is 0.666. The van der Waals surface area contributed by atoms with Crippen LogP contribution in [0.1, 0.15) is 36.1 Å². The predicted octanol–water partition coefficient (Wildman–Crippen LogP) is 4.86. The Morgan fingerprint density at radius 1 is 1.29 bits per heavy atom. The highest BCUT2D eigenvalue weighted by molar-refractivity contribution is 9.10. The lowest BCUT2D eigenvalue weighted by Gasteiger charge is -2.23. The van der Waals surface area contributed by atoms with Gasteiger partial charge in [-0.15, -0.1) is 0 Å². The average molecular weight is 405 g/mol. The Morgan fingerprint density at radius 3 is 2.67 bits per heavy atom. The molecule has 0 spiro atoms. The van der Waals surface area contributed by atoms with Crippen LogP contribution < -0.4 is 0 Å². The van der Waals surface area contributed by atoms with E-state index in [1.807, 2.05) is 41.4 Å². The number of aryl methyl sites for hydroxylation is 1. The van der Waals surface area contributed by atoms with Crippen LogP contribution >= 0.6 is 27.7 Å². The lowest BCUT2D eigenvalue weighted by atomic mass is 10.1. The van der Waals surface area contributed by atoms with E-state index in [1.165, 1.54) is 5.56 Å². The summed E-state index contributed by atoms with van der Waals surface area (Å²) in [5, 5.41) is 0.713. The Bertz CT molecular complexity index is 702. The van der Waals surface area contributed by atoms with Crippen molar-refractivity contribution in [1.29, 1.82) is 0 Å². The van der Waals surface area contributed by atoms with Crippen molar-refractivity contribution in [2.75, 3.05) is 13.1 Å². The number of hydrogen-bond donors (Lipinski definition) is 0. The number of aromatic nitrogens is 1. The maximum absolute atomic E-state index is 13.1. The zero-order valence-corrected chi connectivity index (χ0v) is 16.1. The molecular formula is C19H21BrN2OS. The second-order valence-corrected chi connectivity index (χ2v) is 7.92. The van der Waals surface area contributed by atoms with Gasteiger partial charge in [-0.05, 0) is 52.4 Å². The van der Waals surface area contributed by atoms with Crippen molar-refractivity contribution >= 4 is 33.6 Å². The van der Waals surface area contributed by atoms with Crippen LogP contribution in [0.3, 0.4) is 0 Å². The fourth-order valence-corrected chi connectivity index (χ4v) is 4.55. The van der Waals surface area contributed by atoms with Gasteiger partial charge in [0.2, 0.25) is 5.91 Å². The summed E-state index contributed by atoms with van der Waals surface area (Å²) in [5.74, 6) is 0.204. The molecule has 24 heavy (non-hydrogen) atoms. The van der Waals surface area contributed by atoms with Crippen LogP contribution in [0.5, 0.6) is 0 Å². The number of benzene rings is 1. The molecule has 1 aliphatic heterocycles. The van der Waals surface area contributed by atoms with Gasteiger partial charge < -0.3 is 4.90 Å². The van der Waals surface area contributed by atoms with Gasteiger partial charge >= 0.3 is 0 Å². The molecule has 5 heteroatoms. The number of likely N-dealkylation sites (tertiary alicyclic amines) is 1. The lowest BCUT2D eigenvalue weighted by Crippen LogP contribution is -2.31. The molecule has 126 valence electrons. The van der Waals surface area contributed by atoms with Crippen LogP contribution in [-0.2, 0) is 11.2 Å². The molecule has 1 fully saturated rings. The van der Waals surface area contributed by atoms with Gasteiger partial charge in [-0.2, -0.15) is 0 Å². The monoisotopic (exact) mass is 404 g/mol. The SMILES string of the molecule is CCc1cc(Br)cnc1SC(C(=O)N1CCCC1)c1ccccc1. The summed E-state index contributed by atoms with van der Waals surface area (Å²) < 4.78 is 0.978. The first kappa shape index (κ1) is 17.5. The van der Waals surface area contributed by atoms with Crippen molar-refractivity contribution in [2.24, 2.45) is 0 Å². The number of carbonyl (C=O) groups is 1. The lowest BCUT2D eigenvalue weighted by molar-refractivity contribution is -0.129. The summed E-state index contributed by atoms with van der Waals surface area (Å²) in [5.41, 5.74) is 2.22. The molecule has 0 N–H and O–H groups in total. The molecule has 1 atom stereocenters. The van der Waals surface area contributed by atoms with Gasteiger partial charge in [-0.1, -0.05) is 49.0 Å². The molecule has 1 aliphatic rings. The first-order chi connectivity index (χ1) is 11.7. The highest BCUT2D eigenvalue weighted by Crippen LogP contribution is 2.38. The summed E-state index contributed by atoms with van der Waals surface area (Å²) in [4.78, 5) is 19.6. The molecule has 2 heterocycles. The fraction of sp³-hybridized carbons (Fsp3) is 0.368. The third kappa shape index (κ3) is 4.01. The Hall–Kier alpha value is -1.33. The molecule has 0 bridgehead atoms. The van der Waals surface area contributed by atoms with Crippen LogP contribution in [0.15, 0.2) is 52.1 Å². The molecule has 0 aliphatic carbocycles. The Balaban J connectivity index is 1.91. The third-order valence-electron chi connectivity index (χ3n) is 4.25. The van der Waals surface area contributed by atoms with Gasteiger partial charge in [-0.3, -0.25) is 4.79 Å². The van der Waals surface area contributed by atoms with Crippen molar-refractivity contribution in [1.82, 2.24) is 9.88 Å². The number of rotatable bonds is 5. The molecule has 3 nitrogen and oxygen atoms in total. The molecule has 1 saturated heterocycles. The molecule has 1 aromatic heterocycles. The number of carbonyl (C=O) groups excluding carboxylic acids is 1. The van der Waals surface area contributed by atoms with E-state index in [2.05, 4.69) is 33.9 Å². The second kappa shape index (κ2) is 8.17. The highest BCUT2D eigenvalue weighted by atomic mass is 79.9. The van der Waals surface area contributed by atoms with Crippen molar-refractivity contribution < 1.29 is 4.79 Å². The Labute approximate surface area is 156 Å². The predicted molar refractivity (Wildman–Crippen MR) is 102 cm³/mol. The van der Waals surface area contributed by atoms with Crippen molar-refractivity contribution in [2.45, 2.75) is 36.5 Å². The molecule has 2 aromatic rings. The molecule has 0 saturated carbocycles. The van der Waals surface area contributed by atoms with Crippen molar-refractivity contribution in [3.8, 4) is 0 Å². The number of hydrogen-bond acceptors (Lipinski definition) is 3. The molecule has 3 rings (SSSR count). The first-order valence-electron chi connectivity index (χ1n) is 8.34. The maximum atomic E-state index is 13.1. The van der Waals surface area contributed by atoms with Gasteiger partial charge in [0.15, 0.2) is 0 Å². The highest BCUT2D eigenvalue weighted by Gasteiger charge is 2.29. The van der Waals surface area contributed by atoms with Crippen LogP contribution in [0.25, 0.3) is 0 Å². The van der Waals surface area contributed by atoms with Crippen LogP contribution in [-0.4, -0.2) is 28.9 Å². The molecule has 1 aromatic carbocycles. The summed E-state index contributed by atoms with van der Waals surface area (Å²) in [6, 6.07) is 12.1. The van der Waals surface area contributed by atoms with Crippen LogP contribution in [0, 0.1) is 0 Å². The van der Waals surface area contributed by atoms with E-state index >= 15 is 0 Å². The fourth-order valence-electron chi connectivity index (χ4n) is 2.93. The summed E-state index contributed by atoms with van der Waals surface area (Å²) in [7, 11) is 0. The minimum Gasteiger partial charge on any atom is -0.341 e. The van der Waals surface area contributed by atoms with Gasteiger partial charge in [0.25, 0.3) is 0 Å². The normalized spacial score (nSPS) is 15.5. The average Bonchev–Trinajstić information content (AvgIpc) is 3.15. The molecule has 0 radical (unpaired) electrons. The number of pyridine rings is 1.